The number of hydrogen-bond acceptors (Lipinski definition) is 18. The van der Waals surface area contributed by atoms with E-state index in [9.17, 15) is 61.0 Å². The molecule has 3 aliphatic rings. The van der Waals surface area contributed by atoms with Crippen molar-refractivity contribution in [1.29, 1.82) is 0 Å². The monoisotopic (exact) mass is 1440 g/mol. The van der Waals surface area contributed by atoms with Gasteiger partial charge in [-0.1, -0.05) is 333 Å². The number of allylic oxidation sites excluding steroid dienone is 5. The van der Waals surface area contributed by atoms with Gasteiger partial charge in [0.1, 0.15) is 73.2 Å². The van der Waals surface area contributed by atoms with E-state index in [1.54, 1.807) is 6.08 Å². The Kier molecular flexibility index (Phi) is 58.1. The summed E-state index contributed by atoms with van der Waals surface area (Å²) in [6.45, 7) is 1.75. The molecule has 19 heteroatoms. The zero-order valence-corrected chi connectivity index (χ0v) is 63.7. The van der Waals surface area contributed by atoms with E-state index in [2.05, 4.69) is 43.5 Å². The molecule has 19 nitrogen and oxygen atoms in total. The van der Waals surface area contributed by atoms with Gasteiger partial charge in [0.25, 0.3) is 0 Å². The van der Waals surface area contributed by atoms with Crippen LogP contribution in [0.4, 0.5) is 0 Å². The van der Waals surface area contributed by atoms with Gasteiger partial charge in [0.05, 0.1) is 38.6 Å². The minimum Gasteiger partial charge on any atom is -0.394 e. The fourth-order valence-corrected chi connectivity index (χ4v) is 14.2. The van der Waals surface area contributed by atoms with E-state index >= 15 is 0 Å². The highest BCUT2D eigenvalue weighted by molar-refractivity contribution is 5.76. The number of unbranched alkanes of at least 4 members (excludes halogenated alkanes) is 47. The van der Waals surface area contributed by atoms with Crippen molar-refractivity contribution < 1.29 is 89.4 Å². The predicted octanol–water partition coefficient (Wildman–Crippen LogP) is 14.3. The number of amides is 1. The molecule has 0 aromatic rings. The van der Waals surface area contributed by atoms with Gasteiger partial charge in [0.2, 0.25) is 5.91 Å². The van der Waals surface area contributed by atoms with Crippen LogP contribution < -0.4 is 5.32 Å². The van der Waals surface area contributed by atoms with Crippen molar-refractivity contribution in [3.05, 3.63) is 36.5 Å². The van der Waals surface area contributed by atoms with Gasteiger partial charge >= 0.3 is 0 Å². The number of aliphatic hydroxyl groups excluding tert-OH is 11. The lowest BCUT2D eigenvalue weighted by atomic mass is 9.96. The van der Waals surface area contributed by atoms with Gasteiger partial charge in [0.15, 0.2) is 18.9 Å². The van der Waals surface area contributed by atoms with Crippen molar-refractivity contribution >= 4 is 5.91 Å². The molecule has 12 N–H and O–H groups in total. The topological polar surface area (TPSA) is 307 Å². The van der Waals surface area contributed by atoms with E-state index < -0.39 is 124 Å². The quantitative estimate of drug-likeness (QED) is 0.0199. The number of aliphatic hydroxyl groups is 11. The standard InChI is InChI=1S/C82H153NO18/c1-3-5-7-9-11-13-15-17-19-21-23-24-25-26-27-28-29-30-31-32-33-34-35-36-37-38-39-40-42-44-46-48-50-52-54-56-58-60-70(88)83-65(66(87)59-57-55-53-51-49-47-45-43-41-22-20-18-16-14-12-10-8-6-4-2)64-96-80-76(94)73(91)78(68(62-85)98-80)101-82-77(95)74(92)79(69(63-86)99-82)100-81-75(93)72(90)71(89)67(61-84)97-81/h41,43,49,51,57,59,65-69,71-82,84-87,89-95H,3-40,42,44-48,50,52-56,58,60-64H2,1-2H3,(H,83,88)/b43-41+,51-49+,59-57+. The second kappa shape index (κ2) is 63.0. The van der Waals surface area contributed by atoms with Crippen LogP contribution in [0.1, 0.15) is 348 Å². The summed E-state index contributed by atoms with van der Waals surface area (Å²) in [5, 5.41) is 121. The number of carbonyl (C=O) groups excluding carboxylic acids is 1. The van der Waals surface area contributed by atoms with Gasteiger partial charge in [-0.3, -0.25) is 4.79 Å². The average Bonchev–Trinajstić information content (AvgIpc) is 0.782. The summed E-state index contributed by atoms with van der Waals surface area (Å²) < 4.78 is 34.4. The second-order valence-electron chi connectivity index (χ2n) is 29.9. The van der Waals surface area contributed by atoms with Crippen LogP contribution in [-0.2, 0) is 33.2 Å². The molecule has 17 unspecified atom stereocenters. The Morgan fingerprint density at radius 3 is 0.990 bits per heavy atom. The van der Waals surface area contributed by atoms with Crippen molar-refractivity contribution in [2.45, 2.75) is 452 Å². The Balaban J connectivity index is 1.32. The Morgan fingerprint density at radius 1 is 0.347 bits per heavy atom. The van der Waals surface area contributed by atoms with Crippen LogP contribution in [-0.4, -0.2) is 193 Å². The highest BCUT2D eigenvalue weighted by Gasteiger charge is 2.54. The molecule has 594 valence electrons. The zero-order valence-electron chi connectivity index (χ0n) is 63.7. The van der Waals surface area contributed by atoms with Crippen molar-refractivity contribution in [2.75, 3.05) is 26.4 Å². The summed E-state index contributed by atoms with van der Waals surface area (Å²) in [6.07, 6.45) is 51.7. The van der Waals surface area contributed by atoms with Gasteiger partial charge in [-0.2, -0.15) is 0 Å². The Bertz CT molecular complexity index is 1960. The normalized spacial score (nSPS) is 26.4. The molecular formula is C82H153NO18. The number of nitrogens with one attached hydrogen (secondary N) is 1. The summed E-state index contributed by atoms with van der Waals surface area (Å²) >= 11 is 0. The van der Waals surface area contributed by atoms with Crippen LogP contribution >= 0.6 is 0 Å². The van der Waals surface area contributed by atoms with Crippen LogP contribution in [0.5, 0.6) is 0 Å². The summed E-state index contributed by atoms with van der Waals surface area (Å²) in [5.74, 6) is -0.283. The molecule has 0 radical (unpaired) electrons. The molecule has 1 amide bonds. The molecule has 0 aromatic carbocycles. The third kappa shape index (κ3) is 43.0. The van der Waals surface area contributed by atoms with Crippen LogP contribution in [0.25, 0.3) is 0 Å². The maximum Gasteiger partial charge on any atom is 0.220 e. The first-order valence-electron chi connectivity index (χ1n) is 41.7. The summed E-state index contributed by atoms with van der Waals surface area (Å²) in [7, 11) is 0. The molecule has 0 aromatic heterocycles. The SMILES string of the molecule is CCCCCCCCCCC/C=C/CC/C=C/CC/C=C/C(O)C(COC1OC(CO)C(OC2OC(CO)C(OC3OC(CO)C(O)C(O)C3O)C(O)C2O)C(O)C1O)NC(=O)CCCCCCCCCCCCCCCCCCCCCCCCCCCCCCCCCCCCCCC. The first-order valence-corrected chi connectivity index (χ1v) is 41.7. The van der Waals surface area contributed by atoms with Crippen LogP contribution in [0.3, 0.4) is 0 Å². The van der Waals surface area contributed by atoms with Gasteiger partial charge in [-0.25, -0.2) is 0 Å². The molecule has 3 rings (SSSR count). The fraction of sp³-hybridized carbons (Fsp3) is 0.915. The second-order valence-corrected chi connectivity index (χ2v) is 29.9. The summed E-state index contributed by atoms with van der Waals surface area (Å²) in [5.41, 5.74) is 0. The number of rotatable bonds is 67. The number of carbonyl (C=O) groups is 1. The van der Waals surface area contributed by atoms with E-state index in [4.69, 9.17) is 28.4 Å². The highest BCUT2D eigenvalue weighted by Crippen LogP contribution is 2.33. The number of ether oxygens (including phenoxy) is 6. The molecule has 3 saturated heterocycles. The molecular weight excluding hydrogens is 1290 g/mol. The largest absolute Gasteiger partial charge is 0.394 e. The minimum absolute atomic E-state index is 0.236. The van der Waals surface area contributed by atoms with Crippen LogP contribution in [0.2, 0.25) is 0 Å². The summed E-state index contributed by atoms with van der Waals surface area (Å²) in [6, 6.07) is -0.996. The lowest BCUT2D eigenvalue weighted by molar-refractivity contribution is -0.379. The van der Waals surface area contributed by atoms with E-state index in [0.29, 0.717) is 12.8 Å². The Hall–Kier alpha value is -1.99. The van der Waals surface area contributed by atoms with Crippen molar-refractivity contribution in [3.63, 3.8) is 0 Å². The molecule has 0 saturated carbocycles. The molecule has 3 aliphatic heterocycles. The lowest BCUT2D eigenvalue weighted by Crippen LogP contribution is -2.66. The van der Waals surface area contributed by atoms with E-state index in [1.165, 1.54) is 270 Å². The van der Waals surface area contributed by atoms with Crippen LogP contribution in [0, 0.1) is 0 Å². The molecule has 3 heterocycles. The predicted molar refractivity (Wildman–Crippen MR) is 402 cm³/mol. The molecule has 0 bridgehead atoms. The highest BCUT2D eigenvalue weighted by atomic mass is 16.8. The Labute approximate surface area is 612 Å². The van der Waals surface area contributed by atoms with Gasteiger partial charge in [0, 0.05) is 6.42 Å². The molecule has 0 aliphatic carbocycles. The molecule has 0 spiro atoms. The minimum atomic E-state index is -1.98. The summed E-state index contributed by atoms with van der Waals surface area (Å²) in [4.78, 5) is 13.5. The first kappa shape index (κ1) is 93.2. The third-order valence-electron chi connectivity index (χ3n) is 20.9. The maximum atomic E-state index is 13.5. The van der Waals surface area contributed by atoms with E-state index in [1.807, 2.05) is 6.08 Å². The van der Waals surface area contributed by atoms with Crippen molar-refractivity contribution in [3.8, 4) is 0 Å². The van der Waals surface area contributed by atoms with Gasteiger partial charge < -0.3 is 89.9 Å². The van der Waals surface area contributed by atoms with Crippen LogP contribution in [0.15, 0.2) is 36.5 Å². The fourth-order valence-electron chi connectivity index (χ4n) is 14.2. The Morgan fingerprint density at radius 2 is 0.634 bits per heavy atom. The number of hydrogen-bond donors (Lipinski definition) is 12. The van der Waals surface area contributed by atoms with Gasteiger partial charge in [-0.05, 0) is 44.9 Å². The lowest BCUT2D eigenvalue weighted by Gasteiger charge is -2.48. The smallest absolute Gasteiger partial charge is 0.220 e. The third-order valence-corrected chi connectivity index (χ3v) is 20.9. The molecule has 3 fully saturated rings. The zero-order chi connectivity index (χ0) is 73.2. The van der Waals surface area contributed by atoms with E-state index in [-0.39, 0.29) is 18.9 Å². The average molecular weight is 1440 g/mol. The maximum absolute atomic E-state index is 13.5. The van der Waals surface area contributed by atoms with Crippen molar-refractivity contribution in [1.82, 2.24) is 5.32 Å². The van der Waals surface area contributed by atoms with Gasteiger partial charge in [-0.15, -0.1) is 0 Å². The molecule has 17 atom stereocenters. The van der Waals surface area contributed by atoms with Crippen molar-refractivity contribution in [2.24, 2.45) is 0 Å². The molecule has 101 heavy (non-hydrogen) atoms. The first-order chi connectivity index (χ1) is 49.3. The van der Waals surface area contributed by atoms with E-state index in [0.717, 1.165) is 44.9 Å².